The largest absolute Gasteiger partial charge is 0.208 e. The van der Waals surface area contributed by atoms with Crippen molar-refractivity contribution in [2.24, 2.45) is 0 Å². The van der Waals surface area contributed by atoms with E-state index in [2.05, 4.69) is 153 Å². The van der Waals surface area contributed by atoms with E-state index >= 15 is 0 Å². The molecule has 53 heavy (non-hydrogen) atoms. The van der Waals surface area contributed by atoms with Gasteiger partial charge in [-0.2, -0.15) is 0 Å². The monoisotopic (exact) mass is 679 g/mol. The van der Waals surface area contributed by atoms with E-state index in [1.807, 2.05) is 36.4 Å². The molecule has 0 atom stereocenters. The number of allylic oxidation sites excluding steroid dienone is 1. The second-order valence-electron chi connectivity index (χ2n) is 13.5. The van der Waals surface area contributed by atoms with E-state index in [0.29, 0.717) is 17.5 Å². The summed E-state index contributed by atoms with van der Waals surface area (Å²) in [5.74, 6) is 1.92. The molecular formula is C50H37N3. The van der Waals surface area contributed by atoms with Gasteiger partial charge in [0.1, 0.15) is 0 Å². The number of aryl methyl sites for hydroxylation is 1. The normalized spacial score (nSPS) is 11.6. The van der Waals surface area contributed by atoms with Crippen molar-refractivity contribution in [1.82, 2.24) is 15.0 Å². The summed E-state index contributed by atoms with van der Waals surface area (Å²) in [6.07, 6.45) is 5.50. The number of fused-ring (bicyclic) bond motifs is 3. The van der Waals surface area contributed by atoms with Gasteiger partial charge in [0.25, 0.3) is 0 Å². The van der Waals surface area contributed by atoms with Crippen LogP contribution in [-0.4, -0.2) is 15.0 Å². The Morgan fingerprint density at radius 1 is 0.415 bits per heavy atom. The van der Waals surface area contributed by atoms with Crippen LogP contribution in [0.4, 0.5) is 0 Å². The predicted molar refractivity (Wildman–Crippen MR) is 224 cm³/mol. The standard InChI is InChI=1S/C50H37N3/c1-3-4-24-42-33(2)28-36-21-11-14-25-43(36)46(42)39-30-40(47-44-26-15-12-22-37(44)29-38-23-13-16-27-45(38)47)32-41(31-39)50-52-48(34-17-7-5-8-18-34)51-49(53-50)35-19-9-6-10-20-35/h4-32H,3H2,1-2H3/b24-4-. The Bertz CT molecular complexity index is 2710. The van der Waals surface area contributed by atoms with Crippen molar-refractivity contribution in [2.75, 3.05) is 0 Å². The first kappa shape index (κ1) is 32.2. The summed E-state index contributed by atoms with van der Waals surface area (Å²) in [5.41, 5.74) is 9.93. The van der Waals surface area contributed by atoms with Gasteiger partial charge in [0.2, 0.25) is 0 Å². The first-order valence-electron chi connectivity index (χ1n) is 18.3. The molecule has 0 aliphatic heterocycles. The van der Waals surface area contributed by atoms with E-state index in [9.17, 15) is 0 Å². The fraction of sp³-hybridized carbons (Fsp3) is 0.0600. The molecular weight excluding hydrogens is 643 g/mol. The molecule has 1 aromatic heterocycles. The Morgan fingerprint density at radius 3 is 1.36 bits per heavy atom. The van der Waals surface area contributed by atoms with Gasteiger partial charge in [0, 0.05) is 16.7 Å². The van der Waals surface area contributed by atoms with Crippen molar-refractivity contribution in [3.05, 3.63) is 181 Å². The molecule has 3 heteroatoms. The number of benzene rings is 8. The highest BCUT2D eigenvalue weighted by Crippen LogP contribution is 2.43. The lowest BCUT2D eigenvalue weighted by Gasteiger charge is -2.19. The lowest BCUT2D eigenvalue weighted by Crippen LogP contribution is -2.01. The fourth-order valence-electron chi connectivity index (χ4n) is 7.57. The number of aromatic nitrogens is 3. The summed E-state index contributed by atoms with van der Waals surface area (Å²) in [6, 6.07) is 58.1. The minimum Gasteiger partial charge on any atom is -0.208 e. The summed E-state index contributed by atoms with van der Waals surface area (Å²) < 4.78 is 0. The maximum atomic E-state index is 5.21. The Hall–Kier alpha value is -6.71. The van der Waals surface area contributed by atoms with Crippen LogP contribution in [0.2, 0.25) is 0 Å². The summed E-state index contributed by atoms with van der Waals surface area (Å²) in [6.45, 7) is 4.41. The van der Waals surface area contributed by atoms with E-state index in [4.69, 9.17) is 15.0 Å². The number of hydrogen-bond donors (Lipinski definition) is 0. The van der Waals surface area contributed by atoms with Crippen molar-refractivity contribution in [3.63, 3.8) is 0 Å². The molecule has 0 aliphatic carbocycles. The second-order valence-corrected chi connectivity index (χ2v) is 13.5. The summed E-state index contributed by atoms with van der Waals surface area (Å²) >= 11 is 0. The van der Waals surface area contributed by atoms with Crippen molar-refractivity contribution in [1.29, 1.82) is 0 Å². The van der Waals surface area contributed by atoms with E-state index in [1.165, 1.54) is 54.6 Å². The van der Waals surface area contributed by atoms with Crippen molar-refractivity contribution >= 4 is 38.4 Å². The predicted octanol–water partition coefficient (Wildman–Crippen LogP) is 13.4. The van der Waals surface area contributed by atoms with Crippen molar-refractivity contribution in [3.8, 4) is 56.4 Å². The lowest BCUT2D eigenvalue weighted by molar-refractivity contribution is 1.07. The molecule has 0 spiro atoms. The van der Waals surface area contributed by atoms with Crippen molar-refractivity contribution < 1.29 is 0 Å². The fourth-order valence-corrected chi connectivity index (χ4v) is 7.57. The number of nitrogens with zero attached hydrogens (tertiary/aromatic N) is 3. The Kier molecular flexibility index (Phi) is 8.38. The SMILES string of the molecule is CC/C=C\c1c(C)cc2ccccc2c1-c1cc(-c2nc(-c3ccccc3)nc(-c3ccccc3)n2)cc(-c2c3ccccc3cc3ccccc23)c1. The molecule has 8 aromatic carbocycles. The van der Waals surface area contributed by atoms with Gasteiger partial charge >= 0.3 is 0 Å². The molecule has 0 fully saturated rings. The maximum absolute atomic E-state index is 5.21. The van der Waals surface area contributed by atoms with Gasteiger partial charge in [-0.1, -0.05) is 159 Å². The zero-order chi connectivity index (χ0) is 35.7. The molecule has 0 saturated carbocycles. The summed E-state index contributed by atoms with van der Waals surface area (Å²) in [4.78, 5) is 15.4. The van der Waals surface area contributed by atoms with E-state index < -0.39 is 0 Å². The highest BCUT2D eigenvalue weighted by atomic mass is 15.0. The molecule has 0 amide bonds. The number of hydrogen-bond acceptors (Lipinski definition) is 3. The third-order valence-corrected chi connectivity index (χ3v) is 10.1. The molecule has 0 radical (unpaired) electrons. The lowest BCUT2D eigenvalue weighted by atomic mass is 9.85. The van der Waals surface area contributed by atoms with Gasteiger partial charge in [-0.05, 0) is 103 Å². The first-order valence-corrected chi connectivity index (χ1v) is 18.3. The summed E-state index contributed by atoms with van der Waals surface area (Å²) in [7, 11) is 0. The molecule has 0 saturated heterocycles. The van der Waals surface area contributed by atoms with Crippen LogP contribution in [0.15, 0.2) is 170 Å². The Balaban J connectivity index is 1.41. The smallest absolute Gasteiger partial charge is 0.164 e. The van der Waals surface area contributed by atoms with Gasteiger partial charge in [0.15, 0.2) is 17.5 Å². The maximum Gasteiger partial charge on any atom is 0.164 e. The minimum absolute atomic E-state index is 0.632. The van der Waals surface area contributed by atoms with Gasteiger partial charge < -0.3 is 0 Å². The Labute approximate surface area is 310 Å². The third-order valence-electron chi connectivity index (χ3n) is 10.1. The summed E-state index contributed by atoms with van der Waals surface area (Å²) in [5, 5.41) is 7.26. The molecule has 3 nitrogen and oxygen atoms in total. The highest BCUT2D eigenvalue weighted by Gasteiger charge is 2.19. The van der Waals surface area contributed by atoms with E-state index in [-0.39, 0.29) is 0 Å². The van der Waals surface area contributed by atoms with Gasteiger partial charge in [-0.3, -0.25) is 0 Å². The molecule has 0 unspecified atom stereocenters. The van der Waals surface area contributed by atoms with Crippen LogP contribution in [-0.2, 0) is 0 Å². The zero-order valence-corrected chi connectivity index (χ0v) is 29.8. The molecule has 0 bridgehead atoms. The van der Waals surface area contributed by atoms with E-state index in [1.54, 1.807) is 0 Å². The van der Waals surface area contributed by atoms with Crippen LogP contribution in [0.25, 0.3) is 94.8 Å². The van der Waals surface area contributed by atoms with Crippen molar-refractivity contribution in [2.45, 2.75) is 20.3 Å². The molecule has 9 rings (SSSR count). The molecule has 1 heterocycles. The average molecular weight is 680 g/mol. The topological polar surface area (TPSA) is 38.7 Å². The zero-order valence-electron chi connectivity index (χ0n) is 29.8. The molecule has 9 aromatic rings. The van der Waals surface area contributed by atoms with Gasteiger partial charge in [-0.15, -0.1) is 0 Å². The van der Waals surface area contributed by atoms with Crippen LogP contribution in [0.1, 0.15) is 24.5 Å². The van der Waals surface area contributed by atoms with Crippen LogP contribution in [0.5, 0.6) is 0 Å². The van der Waals surface area contributed by atoms with Crippen LogP contribution in [0.3, 0.4) is 0 Å². The van der Waals surface area contributed by atoms with Crippen LogP contribution < -0.4 is 0 Å². The third kappa shape index (κ3) is 6.07. The van der Waals surface area contributed by atoms with Crippen LogP contribution in [0, 0.1) is 6.92 Å². The van der Waals surface area contributed by atoms with Gasteiger partial charge in [-0.25, -0.2) is 15.0 Å². The van der Waals surface area contributed by atoms with E-state index in [0.717, 1.165) is 34.2 Å². The number of rotatable bonds is 7. The average Bonchev–Trinajstić information content (AvgIpc) is 3.22. The minimum atomic E-state index is 0.632. The van der Waals surface area contributed by atoms with Gasteiger partial charge in [0.05, 0.1) is 0 Å². The Morgan fingerprint density at radius 2 is 0.830 bits per heavy atom. The molecule has 0 N–H and O–H groups in total. The highest BCUT2D eigenvalue weighted by molar-refractivity contribution is 6.13. The van der Waals surface area contributed by atoms with Crippen LogP contribution >= 0.6 is 0 Å². The second kappa shape index (κ2) is 13.8. The first-order chi connectivity index (χ1) is 26.1. The molecule has 0 aliphatic rings. The quantitative estimate of drug-likeness (QED) is 0.157. The molecule has 252 valence electrons.